The van der Waals surface area contributed by atoms with Crippen LogP contribution in [0.2, 0.25) is 0 Å². The number of rotatable bonds is 3. The van der Waals surface area contributed by atoms with Gasteiger partial charge in [0.25, 0.3) is 0 Å². The summed E-state index contributed by atoms with van der Waals surface area (Å²) >= 11 is 0. The highest BCUT2D eigenvalue weighted by molar-refractivity contribution is 7.51. The van der Waals surface area contributed by atoms with Gasteiger partial charge in [-0.3, -0.25) is 13.7 Å². The van der Waals surface area contributed by atoms with Crippen LogP contribution in [0.25, 0.3) is 11.2 Å². The maximum Gasteiger partial charge on any atom is 0.327 e. The number of aromatic nitrogens is 3. The highest BCUT2D eigenvalue weighted by Crippen LogP contribution is 2.44. The average molecular weight is 283 g/mol. The summed E-state index contributed by atoms with van der Waals surface area (Å²) in [7, 11) is -3.61. The minimum Gasteiger partial charge on any atom is -0.324 e. The number of nitrogens with zero attached hydrogens (tertiary/aromatic N) is 3. The Kier molecular flexibility index (Phi) is 3.29. The second-order valence-corrected chi connectivity index (χ2v) is 6.98. The van der Waals surface area contributed by atoms with Gasteiger partial charge < -0.3 is 4.89 Å². The third kappa shape index (κ3) is 2.86. The summed E-state index contributed by atoms with van der Waals surface area (Å²) in [5.74, 6) is 0.687. The molecule has 6 nitrogen and oxygen atoms in total. The van der Waals surface area contributed by atoms with Gasteiger partial charge >= 0.3 is 7.60 Å². The number of aryl methyl sites for hydroxylation is 2. The lowest BCUT2D eigenvalue weighted by atomic mass is 10.2. The maximum absolute atomic E-state index is 11.5. The van der Waals surface area contributed by atoms with Gasteiger partial charge in [0.15, 0.2) is 5.65 Å². The maximum atomic E-state index is 11.5. The minimum atomic E-state index is -3.61. The zero-order chi connectivity index (χ0) is 14.4. The van der Waals surface area contributed by atoms with Gasteiger partial charge in [0.05, 0.1) is 5.52 Å². The molecule has 0 aliphatic carbocycles. The fourth-order valence-electron chi connectivity index (χ4n) is 2.31. The molecular formula is C12H18N3O3P. The lowest BCUT2D eigenvalue weighted by Gasteiger charge is -2.29. The molecule has 0 radical (unpaired) electrons. The van der Waals surface area contributed by atoms with Gasteiger partial charge in [-0.25, -0.2) is 9.97 Å². The molecule has 2 aromatic rings. The van der Waals surface area contributed by atoms with Crippen LogP contribution < -0.4 is 0 Å². The van der Waals surface area contributed by atoms with Crippen LogP contribution in [0.3, 0.4) is 0 Å². The molecule has 0 saturated carbocycles. The van der Waals surface area contributed by atoms with Crippen LogP contribution in [-0.2, 0) is 14.8 Å². The van der Waals surface area contributed by atoms with Crippen molar-refractivity contribution < 1.29 is 14.0 Å². The number of pyridine rings is 1. The minimum absolute atomic E-state index is 0.601. The van der Waals surface area contributed by atoms with Crippen LogP contribution in [0.1, 0.15) is 25.2 Å². The van der Waals surface area contributed by atoms with Gasteiger partial charge in [-0.15, -0.1) is 0 Å². The number of hydrogen-bond acceptors (Lipinski definition) is 4. The van der Waals surface area contributed by atoms with Gasteiger partial charge in [0.1, 0.15) is 11.5 Å². The molecular weight excluding hydrogens is 265 g/mol. The largest absolute Gasteiger partial charge is 0.327 e. The van der Waals surface area contributed by atoms with Gasteiger partial charge in [0.2, 0.25) is 0 Å². The van der Waals surface area contributed by atoms with Gasteiger partial charge in [-0.05, 0) is 39.3 Å². The summed E-state index contributed by atoms with van der Waals surface area (Å²) in [5.41, 5.74) is 1.40. The number of fused-ring (bicyclic) bond motifs is 1. The molecule has 0 bridgehead atoms. The summed E-state index contributed by atoms with van der Waals surface area (Å²) in [5, 5.41) is 0. The molecule has 2 aromatic heterocycles. The highest BCUT2D eigenvalue weighted by atomic mass is 31.2. The van der Waals surface area contributed by atoms with E-state index in [0.717, 1.165) is 11.1 Å². The lowest BCUT2D eigenvalue weighted by Crippen LogP contribution is -2.29. The first kappa shape index (κ1) is 14.2. The Labute approximate surface area is 112 Å². The first-order valence-electron chi connectivity index (χ1n) is 5.93. The van der Waals surface area contributed by atoms with E-state index in [1.165, 1.54) is 6.66 Å². The first-order chi connectivity index (χ1) is 8.60. The molecule has 19 heavy (non-hydrogen) atoms. The van der Waals surface area contributed by atoms with Crippen LogP contribution in [0.15, 0.2) is 12.3 Å². The van der Waals surface area contributed by atoms with E-state index >= 15 is 0 Å². The number of hydrogen-bond donors (Lipinski definition) is 1. The molecule has 0 aromatic carbocycles. The van der Waals surface area contributed by atoms with Crippen molar-refractivity contribution in [3.63, 3.8) is 0 Å². The van der Waals surface area contributed by atoms with E-state index in [4.69, 9.17) is 4.52 Å². The SMILES string of the molecule is Cc1cnc2nc(C)n(C(C)(C)OP(C)(=O)O)c2c1. The summed E-state index contributed by atoms with van der Waals surface area (Å²) in [4.78, 5) is 18.1. The van der Waals surface area contributed by atoms with E-state index in [2.05, 4.69) is 9.97 Å². The smallest absolute Gasteiger partial charge is 0.324 e. The Morgan fingerprint density at radius 2 is 2.05 bits per heavy atom. The molecule has 1 unspecified atom stereocenters. The molecule has 0 amide bonds. The molecule has 0 aliphatic rings. The Morgan fingerprint density at radius 3 is 2.63 bits per heavy atom. The van der Waals surface area contributed by atoms with Crippen molar-refractivity contribution in [1.82, 2.24) is 14.5 Å². The van der Waals surface area contributed by atoms with Gasteiger partial charge in [0, 0.05) is 12.9 Å². The van der Waals surface area contributed by atoms with Crippen molar-refractivity contribution in [2.75, 3.05) is 6.66 Å². The molecule has 0 spiro atoms. The standard InChI is InChI=1S/C12H18N3O3P/c1-8-6-10-11(13-7-8)14-9(2)15(10)12(3,4)18-19(5,16)17/h6-7H,1-5H3,(H,16,17). The first-order valence-corrected chi connectivity index (χ1v) is 7.96. The van der Waals surface area contributed by atoms with Gasteiger partial charge in [-0.2, -0.15) is 0 Å². The Balaban J connectivity index is 2.64. The zero-order valence-electron chi connectivity index (χ0n) is 11.7. The summed E-state index contributed by atoms with van der Waals surface area (Å²) < 4.78 is 18.6. The second-order valence-electron chi connectivity index (χ2n) is 5.19. The van der Waals surface area contributed by atoms with E-state index in [1.54, 1.807) is 24.6 Å². The second kappa shape index (κ2) is 4.40. The van der Waals surface area contributed by atoms with Crippen molar-refractivity contribution in [3.05, 3.63) is 23.7 Å². The van der Waals surface area contributed by atoms with Crippen LogP contribution >= 0.6 is 7.60 Å². The summed E-state index contributed by atoms with van der Waals surface area (Å²) in [6, 6.07) is 1.94. The van der Waals surface area contributed by atoms with E-state index in [9.17, 15) is 9.46 Å². The Morgan fingerprint density at radius 1 is 1.42 bits per heavy atom. The molecule has 2 rings (SSSR count). The quantitative estimate of drug-likeness (QED) is 0.876. The highest BCUT2D eigenvalue weighted by Gasteiger charge is 2.31. The molecule has 0 aliphatic heterocycles. The molecule has 104 valence electrons. The van der Waals surface area contributed by atoms with Crippen LogP contribution in [0.4, 0.5) is 0 Å². The average Bonchev–Trinajstić information content (AvgIpc) is 2.49. The van der Waals surface area contributed by atoms with Crippen LogP contribution in [0, 0.1) is 13.8 Å². The molecule has 1 atom stereocenters. The normalized spacial score (nSPS) is 15.7. The predicted molar refractivity (Wildman–Crippen MR) is 73.2 cm³/mol. The summed E-state index contributed by atoms with van der Waals surface area (Å²) in [6.07, 6.45) is 1.74. The van der Waals surface area contributed by atoms with Crippen LogP contribution in [0.5, 0.6) is 0 Å². The topological polar surface area (TPSA) is 77.2 Å². The fourth-order valence-corrected chi connectivity index (χ4v) is 3.22. The molecule has 7 heteroatoms. The molecule has 0 saturated heterocycles. The van der Waals surface area contributed by atoms with Crippen LogP contribution in [-0.4, -0.2) is 26.1 Å². The van der Waals surface area contributed by atoms with Crippen molar-refractivity contribution >= 4 is 18.8 Å². The molecule has 1 N–H and O–H groups in total. The molecule has 0 fully saturated rings. The predicted octanol–water partition coefficient (Wildman–Crippen LogP) is 2.57. The van der Waals surface area contributed by atoms with Gasteiger partial charge in [-0.1, -0.05) is 0 Å². The zero-order valence-corrected chi connectivity index (χ0v) is 12.6. The Bertz CT molecular complexity index is 672. The van der Waals surface area contributed by atoms with E-state index < -0.39 is 13.3 Å². The van der Waals surface area contributed by atoms with Crippen molar-refractivity contribution in [3.8, 4) is 0 Å². The van der Waals surface area contributed by atoms with E-state index in [1.807, 2.05) is 19.9 Å². The van der Waals surface area contributed by atoms with Crippen molar-refractivity contribution in [2.24, 2.45) is 0 Å². The van der Waals surface area contributed by atoms with E-state index in [0.29, 0.717) is 11.5 Å². The van der Waals surface area contributed by atoms with E-state index in [-0.39, 0.29) is 0 Å². The van der Waals surface area contributed by atoms with Crippen molar-refractivity contribution in [1.29, 1.82) is 0 Å². The number of imidazole rings is 1. The monoisotopic (exact) mass is 283 g/mol. The third-order valence-electron chi connectivity index (χ3n) is 2.75. The summed E-state index contributed by atoms with van der Waals surface area (Å²) in [6.45, 7) is 8.39. The molecule has 2 heterocycles. The third-order valence-corrected chi connectivity index (χ3v) is 3.53. The van der Waals surface area contributed by atoms with Crippen molar-refractivity contribution in [2.45, 2.75) is 33.4 Å². The fraction of sp³-hybridized carbons (Fsp3) is 0.500. The lowest BCUT2D eigenvalue weighted by molar-refractivity contribution is 0.0232. The Hall–Kier alpha value is -1.23.